The van der Waals surface area contributed by atoms with E-state index < -0.39 is 4.92 Å². The summed E-state index contributed by atoms with van der Waals surface area (Å²) >= 11 is 3.34. The maximum Gasteiger partial charge on any atom is 0.311 e. The molecular formula is C18H15BrN4O4. The van der Waals surface area contributed by atoms with Gasteiger partial charge in [-0.05, 0) is 38.1 Å². The Balaban J connectivity index is 2.13. The zero-order chi connectivity index (χ0) is 19.6. The fraction of sp³-hybridized carbons (Fsp3) is 0.167. The molecule has 3 aromatic rings. The molecule has 138 valence electrons. The Morgan fingerprint density at radius 2 is 2.15 bits per heavy atom. The maximum absolute atomic E-state index is 12.8. The number of nitro benzene ring substituents is 1. The van der Waals surface area contributed by atoms with E-state index in [1.54, 1.807) is 38.1 Å². The molecule has 0 N–H and O–H groups in total. The van der Waals surface area contributed by atoms with Gasteiger partial charge in [-0.2, -0.15) is 9.78 Å². The molecule has 0 saturated carbocycles. The summed E-state index contributed by atoms with van der Waals surface area (Å²) < 4.78 is 7.33. The number of hydrogen-bond acceptors (Lipinski definition) is 6. The molecule has 9 heteroatoms. The molecule has 2 aromatic carbocycles. The van der Waals surface area contributed by atoms with E-state index in [0.717, 1.165) is 9.15 Å². The van der Waals surface area contributed by atoms with Crippen molar-refractivity contribution in [2.45, 2.75) is 13.8 Å². The summed E-state index contributed by atoms with van der Waals surface area (Å²) in [7, 11) is 0. The monoisotopic (exact) mass is 430 g/mol. The van der Waals surface area contributed by atoms with E-state index in [-0.39, 0.29) is 23.6 Å². The molecule has 0 radical (unpaired) electrons. The van der Waals surface area contributed by atoms with Gasteiger partial charge in [0.2, 0.25) is 5.75 Å². The molecule has 0 aliphatic rings. The molecule has 0 aliphatic carbocycles. The van der Waals surface area contributed by atoms with Crippen molar-refractivity contribution < 1.29 is 9.66 Å². The summed E-state index contributed by atoms with van der Waals surface area (Å²) in [5.41, 5.74) is 0.466. The van der Waals surface area contributed by atoms with Crippen LogP contribution in [0.25, 0.3) is 10.9 Å². The first kappa shape index (κ1) is 18.7. The Bertz CT molecular complexity index is 1120. The van der Waals surface area contributed by atoms with Crippen LogP contribution in [0.15, 0.2) is 50.8 Å². The van der Waals surface area contributed by atoms with Gasteiger partial charge in [-0.3, -0.25) is 14.9 Å². The molecule has 0 atom stereocenters. The van der Waals surface area contributed by atoms with Crippen LogP contribution in [0.5, 0.6) is 5.75 Å². The van der Waals surface area contributed by atoms with E-state index in [2.05, 4.69) is 26.0 Å². The van der Waals surface area contributed by atoms with Crippen LogP contribution in [0, 0.1) is 17.0 Å². The number of nitrogens with zero attached hydrogens (tertiary/aromatic N) is 4. The number of nitro groups is 1. The normalized spacial score (nSPS) is 11.2. The average molecular weight is 431 g/mol. The van der Waals surface area contributed by atoms with E-state index in [0.29, 0.717) is 22.3 Å². The summed E-state index contributed by atoms with van der Waals surface area (Å²) in [5, 5.41) is 15.8. The number of para-hydroxylation sites is 1. The summed E-state index contributed by atoms with van der Waals surface area (Å²) in [6.45, 7) is 3.66. The molecule has 0 spiro atoms. The highest BCUT2D eigenvalue weighted by Crippen LogP contribution is 2.29. The summed E-state index contributed by atoms with van der Waals surface area (Å²) in [6, 6.07) is 9.75. The highest BCUT2D eigenvalue weighted by atomic mass is 79.9. The quantitative estimate of drug-likeness (QED) is 0.349. The maximum atomic E-state index is 12.8. The minimum Gasteiger partial charge on any atom is -0.487 e. The second kappa shape index (κ2) is 7.67. The third-order valence-corrected chi connectivity index (χ3v) is 4.29. The third kappa shape index (κ3) is 3.72. The number of fused-ring (bicyclic) bond motifs is 1. The first-order valence-electron chi connectivity index (χ1n) is 8.06. The largest absolute Gasteiger partial charge is 0.487 e. The van der Waals surface area contributed by atoms with Gasteiger partial charge in [-0.25, -0.2) is 4.98 Å². The Morgan fingerprint density at radius 1 is 1.37 bits per heavy atom. The number of hydrogen-bond donors (Lipinski definition) is 0. The molecule has 0 unspecified atom stereocenters. The molecule has 0 bridgehead atoms. The van der Waals surface area contributed by atoms with Gasteiger partial charge in [0.15, 0.2) is 0 Å². The van der Waals surface area contributed by atoms with Crippen molar-refractivity contribution in [3.8, 4) is 5.75 Å². The van der Waals surface area contributed by atoms with Crippen LogP contribution in [0.1, 0.15) is 18.3 Å². The predicted octanol–water partition coefficient (Wildman–Crippen LogP) is 3.66. The molecule has 1 aromatic heterocycles. The van der Waals surface area contributed by atoms with Crippen molar-refractivity contribution in [3.05, 3.63) is 72.7 Å². The third-order valence-electron chi connectivity index (χ3n) is 3.79. The predicted molar refractivity (Wildman–Crippen MR) is 106 cm³/mol. The van der Waals surface area contributed by atoms with Crippen molar-refractivity contribution in [2.24, 2.45) is 5.10 Å². The van der Waals surface area contributed by atoms with Gasteiger partial charge >= 0.3 is 5.69 Å². The van der Waals surface area contributed by atoms with Gasteiger partial charge < -0.3 is 4.74 Å². The van der Waals surface area contributed by atoms with Crippen LogP contribution in [0.3, 0.4) is 0 Å². The smallest absolute Gasteiger partial charge is 0.311 e. The fourth-order valence-corrected chi connectivity index (χ4v) is 2.97. The first-order valence-corrected chi connectivity index (χ1v) is 8.85. The minimum absolute atomic E-state index is 0.107. The van der Waals surface area contributed by atoms with Crippen LogP contribution in [-0.2, 0) is 0 Å². The van der Waals surface area contributed by atoms with Crippen molar-refractivity contribution in [1.82, 2.24) is 9.66 Å². The van der Waals surface area contributed by atoms with Gasteiger partial charge in [0.1, 0.15) is 5.82 Å². The molecule has 8 nitrogen and oxygen atoms in total. The zero-order valence-corrected chi connectivity index (χ0v) is 16.1. The molecule has 1 heterocycles. The number of aryl methyl sites for hydroxylation is 1. The number of aromatic nitrogens is 2. The van der Waals surface area contributed by atoms with Crippen LogP contribution >= 0.6 is 15.9 Å². The lowest BCUT2D eigenvalue weighted by Gasteiger charge is -2.08. The number of benzene rings is 2. The van der Waals surface area contributed by atoms with Crippen LogP contribution in [-0.4, -0.2) is 27.4 Å². The zero-order valence-electron chi connectivity index (χ0n) is 14.5. The van der Waals surface area contributed by atoms with E-state index in [4.69, 9.17) is 4.74 Å². The second-order valence-corrected chi connectivity index (χ2v) is 6.48. The molecule has 0 aliphatic heterocycles. The summed E-state index contributed by atoms with van der Waals surface area (Å²) in [5.74, 6) is 0.505. The Labute approximate surface area is 162 Å². The molecule has 0 fully saturated rings. The first-order chi connectivity index (χ1) is 12.9. The summed E-state index contributed by atoms with van der Waals surface area (Å²) in [4.78, 5) is 27.8. The van der Waals surface area contributed by atoms with Crippen molar-refractivity contribution in [1.29, 1.82) is 0 Å². The number of halogens is 1. The van der Waals surface area contributed by atoms with E-state index in [1.807, 2.05) is 0 Å². The topological polar surface area (TPSA) is 99.6 Å². The molecular weight excluding hydrogens is 416 g/mol. The van der Waals surface area contributed by atoms with Crippen molar-refractivity contribution >= 4 is 38.7 Å². The van der Waals surface area contributed by atoms with Gasteiger partial charge in [-0.15, -0.1) is 0 Å². The highest BCUT2D eigenvalue weighted by Gasteiger charge is 2.18. The lowest BCUT2D eigenvalue weighted by molar-refractivity contribution is -0.385. The summed E-state index contributed by atoms with van der Waals surface area (Å²) in [6.07, 6.45) is 1.36. The van der Waals surface area contributed by atoms with Crippen LogP contribution in [0.4, 0.5) is 5.69 Å². The second-order valence-electron chi connectivity index (χ2n) is 5.57. The Morgan fingerprint density at radius 3 is 2.85 bits per heavy atom. The SMILES string of the molecule is CCOc1c(C=Nn2c(C)nc3ccc(Br)cc3c2=O)cccc1[N+](=O)[O-]. The van der Waals surface area contributed by atoms with Gasteiger partial charge in [0, 0.05) is 16.1 Å². The molecule has 27 heavy (non-hydrogen) atoms. The van der Waals surface area contributed by atoms with Crippen LogP contribution in [0.2, 0.25) is 0 Å². The fourth-order valence-electron chi connectivity index (χ4n) is 2.60. The van der Waals surface area contributed by atoms with Crippen molar-refractivity contribution in [2.75, 3.05) is 6.61 Å². The number of rotatable bonds is 5. The van der Waals surface area contributed by atoms with Gasteiger partial charge in [-0.1, -0.05) is 22.0 Å². The van der Waals surface area contributed by atoms with Crippen LogP contribution < -0.4 is 10.3 Å². The van der Waals surface area contributed by atoms with Crippen molar-refractivity contribution in [3.63, 3.8) is 0 Å². The van der Waals surface area contributed by atoms with Gasteiger partial charge in [0.25, 0.3) is 5.56 Å². The van der Waals surface area contributed by atoms with E-state index in [9.17, 15) is 14.9 Å². The Kier molecular flexibility index (Phi) is 5.31. The van der Waals surface area contributed by atoms with Gasteiger partial charge in [0.05, 0.1) is 28.6 Å². The molecule has 0 saturated heterocycles. The molecule has 3 rings (SSSR count). The van der Waals surface area contributed by atoms with E-state index >= 15 is 0 Å². The number of ether oxygens (including phenoxy) is 1. The average Bonchev–Trinajstić information content (AvgIpc) is 2.63. The Hall–Kier alpha value is -3.07. The van der Waals surface area contributed by atoms with E-state index in [1.165, 1.54) is 18.3 Å². The molecule has 0 amide bonds. The lowest BCUT2D eigenvalue weighted by atomic mass is 10.2. The lowest BCUT2D eigenvalue weighted by Crippen LogP contribution is -2.20. The standard InChI is InChI=1S/C18H15BrN4O4/c1-3-27-17-12(5-4-6-16(17)23(25)26)10-20-22-11(2)21-15-8-7-13(19)9-14(15)18(22)24/h4-10H,3H2,1-2H3. The highest BCUT2D eigenvalue weighted by molar-refractivity contribution is 9.10. The minimum atomic E-state index is -0.519.